The summed E-state index contributed by atoms with van der Waals surface area (Å²) in [5, 5.41) is 11.6. The van der Waals surface area contributed by atoms with Gasteiger partial charge in [-0.15, -0.1) is 0 Å². The Morgan fingerprint density at radius 2 is 1.88 bits per heavy atom. The van der Waals surface area contributed by atoms with Crippen LogP contribution in [-0.4, -0.2) is 23.3 Å². The Morgan fingerprint density at radius 3 is 2.54 bits per heavy atom. The molecule has 0 aliphatic heterocycles. The molecule has 0 aromatic heterocycles. The van der Waals surface area contributed by atoms with Gasteiger partial charge in [0.25, 0.3) is 0 Å². The number of carbonyl (C=O) groups is 2. The summed E-state index contributed by atoms with van der Waals surface area (Å²) in [6, 6.07) is 18.4. The average molecular weight is 321 g/mol. The second-order valence-electron chi connectivity index (χ2n) is 5.42. The minimum atomic E-state index is -0.190. The van der Waals surface area contributed by atoms with Gasteiger partial charge in [0.15, 0.2) is 0 Å². The van der Waals surface area contributed by atoms with Crippen molar-refractivity contribution in [3.63, 3.8) is 0 Å². The fraction of sp³-hybridized carbons (Fsp3) is 0.211. The van der Waals surface area contributed by atoms with Crippen molar-refractivity contribution in [1.29, 1.82) is 5.26 Å². The zero-order valence-electron chi connectivity index (χ0n) is 13.5. The topological polar surface area (TPSA) is 73.2 Å². The van der Waals surface area contributed by atoms with Gasteiger partial charge in [0.2, 0.25) is 11.8 Å². The number of carbonyl (C=O) groups excluding carboxylic acids is 2. The van der Waals surface area contributed by atoms with Crippen molar-refractivity contribution in [2.75, 3.05) is 11.9 Å². The Balaban J connectivity index is 1.90. The first-order valence-corrected chi connectivity index (χ1v) is 7.68. The SMILES string of the molecule is CC(=O)N(CCC(=O)Nc1cccc(C#N)c1)Cc1ccccc1. The number of rotatable bonds is 6. The van der Waals surface area contributed by atoms with Crippen molar-refractivity contribution >= 4 is 17.5 Å². The number of anilines is 1. The number of nitrogens with zero attached hydrogens (tertiary/aromatic N) is 2. The van der Waals surface area contributed by atoms with Crippen molar-refractivity contribution in [2.24, 2.45) is 0 Å². The number of amides is 2. The molecule has 0 bridgehead atoms. The zero-order chi connectivity index (χ0) is 17.4. The van der Waals surface area contributed by atoms with E-state index in [9.17, 15) is 9.59 Å². The molecule has 5 nitrogen and oxygen atoms in total. The molecular formula is C19H19N3O2. The van der Waals surface area contributed by atoms with Gasteiger partial charge in [-0.05, 0) is 23.8 Å². The van der Waals surface area contributed by atoms with Gasteiger partial charge in [-0.3, -0.25) is 9.59 Å². The molecule has 5 heteroatoms. The van der Waals surface area contributed by atoms with E-state index in [1.165, 1.54) is 6.92 Å². The predicted molar refractivity (Wildman–Crippen MR) is 91.9 cm³/mol. The fourth-order valence-corrected chi connectivity index (χ4v) is 2.28. The normalized spacial score (nSPS) is 9.83. The van der Waals surface area contributed by atoms with Crippen molar-refractivity contribution in [3.05, 3.63) is 65.7 Å². The molecule has 0 radical (unpaired) electrons. The Hall–Kier alpha value is -3.13. The minimum absolute atomic E-state index is 0.0712. The molecule has 0 saturated heterocycles. The van der Waals surface area contributed by atoms with Crippen LogP contribution in [0.15, 0.2) is 54.6 Å². The molecule has 0 saturated carbocycles. The summed E-state index contributed by atoms with van der Waals surface area (Å²) in [6.45, 7) is 2.32. The van der Waals surface area contributed by atoms with Crippen LogP contribution in [0.5, 0.6) is 0 Å². The van der Waals surface area contributed by atoms with E-state index in [4.69, 9.17) is 5.26 Å². The number of hydrogen-bond donors (Lipinski definition) is 1. The highest BCUT2D eigenvalue weighted by molar-refractivity contribution is 5.91. The first-order chi connectivity index (χ1) is 11.6. The molecule has 0 aliphatic carbocycles. The maximum Gasteiger partial charge on any atom is 0.226 e. The van der Waals surface area contributed by atoms with Crippen LogP contribution >= 0.6 is 0 Å². The second kappa shape index (κ2) is 8.49. The van der Waals surface area contributed by atoms with E-state index in [0.29, 0.717) is 24.3 Å². The molecular weight excluding hydrogens is 302 g/mol. The minimum Gasteiger partial charge on any atom is -0.338 e. The molecule has 0 heterocycles. The molecule has 2 amide bonds. The Bertz CT molecular complexity index is 751. The van der Waals surface area contributed by atoms with E-state index in [-0.39, 0.29) is 18.2 Å². The lowest BCUT2D eigenvalue weighted by Crippen LogP contribution is -2.31. The third-order valence-corrected chi connectivity index (χ3v) is 3.55. The quantitative estimate of drug-likeness (QED) is 0.889. The lowest BCUT2D eigenvalue weighted by molar-refractivity contribution is -0.129. The first kappa shape index (κ1) is 17.2. The van der Waals surface area contributed by atoms with E-state index in [0.717, 1.165) is 5.56 Å². The standard InChI is InChI=1S/C19H19N3O2/c1-15(23)22(14-16-6-3-2-4-7-16)11-10-19(24)21-18-9-5-8-17(12-18)13-20/h2-9,12H,10-11,14H2,1H3,(H,21,24). The van der Waals surface area contributed by atoms with Crippen LogP contribution in [-0.2, 0) is 16.1 Å². The maximum atomic E-state index is 12.1. The van der Waals surface area contributed by atoms with Crippen molar-refractivity contribution in [3.8, 4) is 6.07 Å². The van der Waals surface area contributed by atoms with Crippen LogP contribution in [0.3, 0.4) is 0 Å². The van der Waals surface area contributed by atoms with E-state index >= 15 is 0 Å². The lowest BCUT2D eigenvalue weighted by atomic mass is 10.2. The average Bonchev–Trinajstić information content (AvgIpc) is 2.59. The van der Waals surface area contributed by atoms with E-state index in [1.54, 1.807) is 29.2 Å². The smallest absolute Gasteiger partial charge is 0.226 e. The number of benzene rings is 2. The van der Waals surface area contributed by atoms with Gasteiger partial charge in [0.05, 0.1) is 11.6 Å². The number of hydrogen-bond acceptors (Lipinski definition) is 3. The molecule has 2 aromatic carbocycles. The zero-order valence-corrected chi connectivity index (χ0v) is 13.5. The van der Waals surface area contributed by atoms with Gasteiger partial charge in [-0.2, -0.15) is 5.26 Å². The van der Waals surface area contributed by atoms with E-state index in [2.05, 4.69) is 5.32 Å². The Kier molecular flexibility index (Phi) is 6.09. The summed E-state index contributed by atoms with van der Waals surface area (Å²) in [5.74, 6) is -0.262. The highest BCUT2D eigenvalue weighted by Crippen LogP contribution is 2.11. The fourth-order valence-electron chi connectivity index (χ4n) is 2.28. The maximum absolute atomic E-state index is 12.1. The number of nitriles is 1. The van der Waals surface area contributed by atoms with Crippen LogP contribution in [0.4, 0.5) is 5.69 Å². The summed E-state index contributed by atoms with van der Waals surface area (Å²) in [5.41, 5.74) is 2.09. The van der Waals surface area contributed by atoms with Crippen molar-refractivity contribution in [1.82, 2.24) is 4.90 Å². The van der Waals surface area contributed by atoms with Crippen molar-refractivity contribution < 1.29 is 9.59 Å². The monoisotopic (exact) mass is 321 g/mol. The van der Waals surface area contributed by atoms with Gasteiger partial charge in [0, 0.05) is 32.1 Å². The Morgan fingerprint density at radius 1 is 1.12 bits per heavy atom. The van der Waals surface area contributed by atoms with Crippen LogP contribution < -0.4 is 5.32 Å². The van der Waals surface area contributed by atoms with Gasteiger partial charge in [-0.1, -0.05) is 36.4 Å². The van der Waals surface area contributed by atoms with E-state index in [1.807, 2.05) is 36.4 Å². The lowest BCUT2D eigenvalue weighted by Gasteiger charge is -2.21. The number of nitrogens with one attached hydrogen (secondary N) is 1. The summed E-state index contributed by atoms with van der Waals surface area (Å²) in [6.07, 6.45) is 0.198. The Labute approximate surface area is 141 Å². The summed E-state index contributed by atoms with van der Waals surface area (Å²) in [7, 11) is 0. The molecule has 0 aliphatic rings. The van der Waals surface area contributed by atoms with Gasteiger partial charge in [0.1, 0.15) is 0 Å². The molecule has 0 atom stereocenters. The molecule has 1 N–H and O–H groups in total. The van der Waals surface area contributed by atoms with Crippen LogP contribution in [0, 0.1) is 11.3 Å². The molecule has 24 heavy (non-hydrogen) atoms. The summed E-state index contributed by atoms with van der Waals surface area (Å²) >= 11 is 0. The third kappa shape index (κ3) is 5.25. The predicted octanol–water partition coefficient (Wildman–Crippen LogP) is 2.94. The second-order valence-corrected chi connectivity index (χ2v) is 5.42. The van der Waals surface area contributed by atoms with E-state index < -0.39 is 0 Å². The molecule has 122 valence electrons. The van der Waals surface area contributed by atoms with Crippen molar-refractivity contribution in [2.45, 2.75) is 19.9 Å². The van der Waals surface area contributed by atoms with Gasteiger partial charge < -0.3 is 10.2 Å². The van der Waals surface area contributed by atoms with Gasteiger partial charge in [-0.25, -0.2) is 0 Å². The first-order valence-electron chi connectivity index (χ1n) is 7.68. The highest BCUT2D eigenvalue weighted by Gasteiger charge is 2.12. The summed E-state index contributed by atoms with van der Waals surface area (Å²) in [4.78, 5) is 25.5. The van der Waals surface area contributed by atoms with Crippen LogP contribution in [0.25, 0.3) is 0 Å². The molecule has 0 fully saturated rings. The van der Waals surface area contributed by atoms with Gasteiger partial charge >= 0.3 is 0 Å². The highest BCUT2D eigenvalue weighted by atomic mass is 16.2. The third-order valence-electron chi connectivity index (χ3n) is 3.55. The van der Waals surface area contributed by atoms with Crippen LogP contribution in [0.2, 0.25) is 0 Å². The van der Waals surface area contributed by atoms with Crippen LogP contribution in [0.1, 0.15) is 24.5 Å². The molecule has 0 unspecified atom stereocenters. The molecule has 2 aromatic rings. The molecule has 2 rings (SSSR count). The molecule has 0 spiro atoms. The summed E-state index contributed by atoms with van der Waals surface area (Å²) < 4.78 is 0. The largest absolute Gasteiger partial charge is 0.338 e.